The first-order valence-corrected chi connectivity index (χ1v) is 7.50. The number of amides is 1. The fraction of sp³-hybridized carbons (Fsp3) is 0.235. The van der Waals surface area contributed by atoms with Gasteiger partial charge in [-0.25, -0.2) is 4.39 Å². The highest BCUT2D eigenvalue weighted by molar-refractivity contribution is 6.32. The van der Waals surface area contributed by atoms with Crippen LogP contribution in [0.1, 0.15) is 23.7 Å². The molecule has 0 saturated carbocycles. The molecule has 0 aromatic heterocycles. The zero-order valence-electron chi connectivity index (χ0n) is 12.9. The van der Waals surface area contributed by atoms with Crippen molar-refractivity contribution < 1.29 is 18.7 Å². The predicted octanol–water partition coefficient (Wildman–Crippen LogP) is 4.53. The molecule has 1 amide bonds. The molecule has 0 radical (unpaired) electrons. The van der Waals surface area contributed by atoms with Crippen molar-refractivity contribution in [3.63, 3.8) is 0 Å². The van der Waals surface area contributed by atoms with Gasteiger partial charge in [-0.15, -0.1) is 0 Å². The molecule has 0 bridgehead atoms. The molecule has 2 rings (SSSR count). The van der Waals surface area contributed by atoms with Crippen LogP contribution in [0.15, 0.2) is 36.4 Å². The van der Waals surface area contributed by atoms with Crippen LogP contribution in [0.3, 0.4) is 0 Å². The molecule has 0 saturated heterocycles. The summed E-state index contributed by atoms with van der Waals surface area (Å²) in [6.45, 7) is 2.46. The second-order valence-corrected chi connectivity index (χ2v) is 5.21. The number of carbonyl (C=O) groups is 1. The molecule has 0 fully saturated rings. The van der Waals surface area contributed by atoms with Gasteiger partial charge in [0.2, 0.25) is 0 Å². The normalized spacial score (nSPS) is 10.3. The Morgan fingerprint density at radius 2 is 2.09 bits per heavy atom. The number of benzene rings is 2. The lowest BCUT2D eigenvalue weighted by molar-refractivity contribution is 0.102. The molecular weight excluding hydrogens is 321 g/mol. The lowest BCUT2D eigenvalue weighted by Gasteiger charge is -2.14. The fourth-order valence-corrected chi connectivity index (χ4v) is 2.23. The molecule has 4 nitrogen and oxygen atoms in total. The van der Waals surface area contributed by atoms with Gasteiger partial charge in [0.15, 0.2) is 11.5 Å². The van der Waals surface area contributed by atoms with Gasteiger partial charge in [0.1, 0.15) is 5.82 Å². The maximum absolute atomic E-state index is 13.2. The third kappa shape index (κ3) is 4.36. The average molecular weight is 338 g/mol. The molecule has 2 aromatic carbocycles. The first-order chi connectivity index (χ1) is 11.0. The minimum absolute atomic E-state index is 0.280. The van der Waals surface area contributed by atoms with Crippen molar-refractivity contribution in [2.45, 2.75) is 13.3 Å². The quantitative estimate of drug-likeness (QED) is 0.842. The molecule has 0 heterocycles. The lowest BCUT2D eigenvalue weighted by atomic mass is 10.1. The first-order valence-electron chi connectivity index (χ1n) is 7.12. The fourth-order valence-electron chi connectivity index (χ4n) is 1.96. The van der Waals surface area contributed by atoms with Crippen LogP contribution < -0.4 is 14.8 Å². The Labute approximate surface area is 139 Å². The molecule has 0 aliphatic heterocycles. The molecule has 23 heavy (non-hydrogen) atoms. The van der Waals surface area contributed by atoms with E-state index >= 15 is 0 Å². The van der Waals surface area contributed by atoms with Crippen molar-refractivity contribution >= 4 is 23.2 Å². The van der Waals surface area contributed by atoms with Crippen molar-refractivity contribution in [3.05, 3.63) is 52.8 Å². The highest BCUT2D eigenvalue weighted by Crippen LogP contribution is 2.36. The number of hydrogen-bond acceptors (Lipinski definition) is 3. The Balaban J connectivity index is 2.25. The van der Waals surface area contributed by atoms with Crippen molar-refractivity contribution in [2.75, 3.05) is 19.0 Å². The second-order valence-electron chi connectivity index (χ2n) is 4.80. The SMILES string of the molecule is CCCOc1c(Cl)cc(C(=O)Nc2cccc(F)c2)cc1OC. The molecular formula is C17H17ClFNO3. The Kier molecular flexibility index (Phi) is 5.82. The van der Waals surface area contributed by atoms with Gasteiger partial charge in [0.25, 0.3) is 5.91 Å². The summed E-state index contributed by atoms with van der Waals surface area (Å²) in [7, 11) is 1.47. The summed E-state index contributed by atoms with van der Waals surface area (Å²) >= 11 is 6.18. The van der Waals surface area contributed by atoms with Crippen molar-refractivity contribution in [3.8, 4) is 11.5 Å². The number of carbonyl (C=O) groups excluding carboxylic acids is 1. The Bertz CT molecular complexity index is 706. The van der Waals surface area contributed by atoms with E-state index in [1.807, 2.05) is 6.92 Å². The third-order valence-electron chi connectivity index (χ3n) is 3.02. The van der Waals surface area contributed by atoms with E-state index in [2.05, 4.69) is 5.32 Å². The number of ether oxygens (including phenoxy) is 2. The number of halogens is 2. The highest BCUT2D eigenvalue weighted by Gasteiger charge is 2.16. The predicted molar refractivity (Wildman–Crippen MR) is 88.1 cm³/mol. The minimum Gasteiger partial charge on any atom is -0.493 e. The van der Waals surface area contributed by atoms with Crippen LogP contribution in [-0.4, -0.2) is 19.6 Å². The van der Waals surface area contributed by atoms with Crippen LogP contribution in [-0.2, 0) is 0 Å². The van der Waals surface area contributed by atoms with Crippen LogP contribution in [0.2, 0.25) is 5.02 Å². The van der Waals surface area contributed by atoms with Crippen LogP contribution in [0.4, 0.5) is 10.1 Å². The van der Waals surface area contributed by atoms with Crippen LogP contribution in [0, 0.1) is 5.82 Å². The summed E-state index contributed by atoms with van der Waals surface area (Å²) in [5.41, 5.74) is 0.649. The molecule has 2 aromatic rings. The standard InChI is InChI=1S/C17H17ClFNO3/c1-3-7-23-16-14(18)8-11(9-15(16)22-2)17(21)20-13-6-4-5-12(19)10-13/h4-6,8-10H,3,7H2,1-2H3,(H,20,21). The van der Waals surface area contributed by atoms with E-state index in [1.165, 1.54) is 37.4 Å². The van der Waals surface area contributed by atoms with E-state index in [1.54, 1.807) is 6.07 Å². The van der Waals surface area contributed by atoms with E-state index < -0.39 is 11.7 Å². The van der Waals surface area contributed by atoms with Crippen molar-refractivity contribution in [1.29, 1.82) is 0 Å². The maximum Gasteiger partial charge on any atom is 0.255 e. The van der Waals surface area contributed by atoms with E-state index in [-0.39, 0.29) is 5.02 Å². The highest BCUT2D eigenvalue weighted by atomic mass is 35.5. The Morgan fingerprint density at radius 1 is 1.30 bits per heavy atom. The molecule has 0 spiro atoms. The topological polar surface area (TPSA) is 47.6 Å². The summed E-state index contributed by atoms with van der Waals surface area (Å²) in [5.74, 6) is -0.0757. The van der Waals surface area contributed by atoms with Crippen molar-refractivity contribution in [2.24, 2.45) is 0 Å². The minimum atomic E-state index is -0.429. The van der Waals surface area contributed by atoms with E-state index in [0.29, 0.717) is 29.4 Å². The second kappa shape index (κ2) is 7.83. The molecule has 122 valence electrons. The monoisotopic (exact) mass is 337 g/mol. The summed E-state index contributed by atoms with van der Waals surface area (Å²) in [4.78, 5) is 12.3. The maximum atomic E-state index is 13.2. The molecule has 0 aliphatic rings. The van der Waals surface area contributed by atoms with Gasteiger partial charge in [-0.2, -0.15) is 0 Å². The molecule has 0 atom stereocenters. The zero-order chi connectivity index (χ0) is 16.8. The average Bonchev–Trinajstić information content (AvgIpc) is 2.53. The number of anilines is 1. The summed E-state index contributed by atoms with van der Waals surface area (Å²) in [6, 6.07) is 8.67. The summed E-state index contributed by atoms with van der Waals surface area (Å²) in [6.07, 6.45) is 0.821. The van der Waals surface area contributed by atoms with Gasteiger partial charge >= 0.3 is 0 Å². The Morgan fingerprint density at radius 3 is 2.74 bits per heavy atom. The third-order valence-corrected chi connectivity index (χ3v) is 3.31. The van der Waals surface area contributed by atoms with Crippen LogP contribution >= 0.6 is 11.6 Å². The van der Waals surface area contributed by atoms with Crippen LogP contribution in [0.5, 0.6) is 11.5 Å². The van der Waals surface area contributed by atoms with E-state index in [9.17, 15) is 9.18 Å². The van der Waals surface area contributed by atoms with E-state index in [4.69, 9.17) is 21.1 Å². The number of methoxy groups -OCH3 is 1. The first kappa shape index (κ1) is 17.1. The lowest BCUT2D eigenvalue weighted by Crippen LogP contribution is -2.12. The van der Waals surface area contributed by atoms with Gasteiger partial charge < -0.3 is 14.8 Å². The summed E-state index contributed by atoms with van der Waals surface area (Å²) in [5, 5.41) is 2.89. The number of nitrogens with one attached hydrogen (secondary N) is 1. The molecule has 0 unspecified atom stereocenters. The van der Waals surface area contributed by atoms with Gasteiger partial charge in [0, 0.05) is 11.3 Å². The largest absolute Gasteiger partial charge is 0.493 e. The van der Waals surface area contributed by atoms with Crippen LogP contribution in [0.25, 0.3) is 0 Å². The van der Waals surface area contributed by atoms with E-state index in [0.717, 1.165) is 6.42 Å². The van der Waals surface area contributed by atoms with Gasteiger partial charge in [-0.05, 0) is 36.8 Å². The molecule has 6 heteroatoms. The van der Waals surface area contributed by atoms with Crippen molar-refractivity contribution in [1.82, 2.24) is 0 Å². The van der Waals surface area contributed by atoms with Gasteiger partial charge in [-0.1, -0.05) is 24.6 Å². The number of hydrogen-bond donors (Lipinski definition) is 1. The van der Waals surface area contributed by atoms with Gasteiger partial charge in [0.05, 0.1) is 18.7 Å². The smallest absolute Gasteiger partial charge is 0.255 e. The Hall–Kier alpha value is -2.27. The molecule has 0 aliphatic carbocycles. The van der Waals surface area contributed by atoms with Gasteiger partial charge in [-0.3, -0.25) is 4.79 Å². The number of rotatable bonds is 6. The molecule has 1 N–H and O–H groups in total. The zero-order valence-corrected chi connectivity index (χ0v) is 13.6. The summed E-state index contributed by atoms with van der Waals surface area (Å²) < 4.78 is 23.9.